The van der Waals surface area contributed by atoms with E-state index < -0.39 is 0 Å². The van der Waals surface area contributed by atoms with Crippen LogP contribution in [-0.4, -0.2) is 5.11 Å². The molecular formula is C18H15FO2. The van der Waals surface area contributed by atoms with Crippen LogP contribution in [0.5, 0.6) is 0 Å². The van der Waals surface area contributed by atoms with Crippen molar-refractivity contribution in [3.8, 4) is 0 Å². The van der Waals surface area contributed by atoms with E-state index in [0.717, 1.165) is 16.2 Å². The molecule has 0 aliphatic carbocycles. The van der Waals surface area contributed by atoms with Crippen molar-refractivity contribution in [1.29, 1.82) is 0 Å². The highest BCUT2D eigenvalue weighted by Crippen LogP contribution is 2.16. The Hall–Kier alpha value is -2.55. The summed E-state index contributed by atoms with van der Waals surface area (Å²) in [6.45, 7) is 3.70. The SMILES string of the molecule is CC=c1/c(=C(/O)c2cc(F)ccc2C)oc2ccccc12. The fourth-order valence-corrected chi connectivity index (χ4v) is 2.50. The molecule has 3 heteroatoms. The van der Waals surface area contributed by atoms with Crippen molar-refractivity contribution in [2.45, 2.75) is 13.8 Å². The maximum absolute atomic E-state index is 13.4. The van der Waals surface area contributed by atoms with Gasteiger partial charge in [-0.25, -0.2) is 4.39 Å². The molecule has 106 valence electrons. The molecule has 1 heterocycles. The third-order valence-electron chi connectivity index (χ3n) is 3.59. The zero-order chi connectivity index (χ0) is 15.0. The summed E-state index contributed by atoms with van der Waals surface area (Å²) < 4.78 is 19.2. The van der Waals surface area contributed by atoms with Crippen LogP contribution in [0.15, 0.2) is 46.9 Å². The average Bonchev–Trinajstić information content (AvgIpc) is 2.87. The first-order valence-electron chi connectivity index (χ1n) is 6.75. The molecule has 0 saturated heterocycles. The van der Waals surface area contributed by atoms with Gasteiger partial charge in [0.15, 0.2) is 11.2 Å². The van der Waals surface area contributed by atoms with Crippen molar-refractivity contribution in [2.24, 2.45) is 0 Å². The molecular weight excluding hydrogens is 267 g/mol. The van der Waals surface area contributed by atoms with Gasteiger partial charge in [0.05, 0.1) is 0 Å². The second kappa shape index (κ2) is 5.09. The minimum absolute atomic E-state index is 0.0451. The molecule has 21 heavy (non-hydrogen) atoms. The molecule has 0 aliphatic heterocycles. The second-order valence-electron chi connectivity index (χ2n) is 4.94. The highest BCUT2D eigenvalue weighted by atomic mass is 19.1. The maximum atomic E-state index is 13.4. The zero-order valence-corrected chi connectivity index (χ0v) is 11.9. The summed E-state index contributed by atoms with van der Waals surface area (Å²) in [5.41, 5.74) is 2.29. The Bertz CT molecular complexity index is 935. The number of hydrogen-bond acceptors (Lipinski definition) is 2. The lowest BCUT2D eigenvalue weighted by molar-refractivity contribution is 0.470. The van der Waals surface area contributed by atoms with Gasteiger partial charge < -0.3 is 9.52 Å². The van der Waals surface area contributed by atoms with Crippen molar-refractivity contribution in [1.82, 2.24) is 0 Å². The van der Waals surface area contributed by atoms with E-state index in [2.05, 4.69) is 0 Å². The Morgan fingerprint density at radius 3 is 2.71 bits per heavy atom. The quantitative estimate of drug-likeness (QED) is 0.742. The van der Waals surface area contributed by atoms with E-state index in [1.807, 2.05) is 44.2 Å². The minimum atomic E-state index is -0.389. The number of aliphatic hydroxyl groups excluding tert-OH is 1. The summed E-state index contributed by atoms with van der Waals surface area (Å²) in [6, 6.07) is 11.9. The Kier molecular flexibility index (Phi) is 3.26. The molecule has 0 spiro atoms. The van der Waals surface area contributed by atoms with Crippen molar-refractivity contribution in [3.63, 3.8) is 0 Å². The van der Waals surface area contributed by atoms with Gasteiger partial charge in [0.1, 0.15) is 11.4 Å². The first-order chi connectivity index (χ1) is 10.1. The Morgan fingerprint density at radius 2 is 1.95 bits per heavy atom. The molecule has 0 amide bonds. The fraction of sp³-hybridized carbons (Fsp3) is 0.111. The summed E-state index contributed by atoms with van der Waals surface area (Å²) in [6.07, 6.45) is 1.88. The van der Waals surface area contributed by atoms with E-state index in [4.69, 9.17) is 4.42 Å². The summed E-state index contributed by atoms with van der Waals surface area (Å²) in [5, 5.41) is 12.3. The van der Waals surface area contributed by atoms with Crippen LogP contribution in [0.25, 0.3) is 22.8 Å². The van der Waals surface area contributed by atoms with Crippen LogP contribution < -0.4 is 10.6 Å². The van der Waals surface area contributed by atoms with E-state index in [1.165, 1.54) is 12.1 Å². The molecule has 3 aromatic rings. The average molecular weight is 282 g/mol. The van der Waals surface area contributed by atoms with Crippen molar-refractivity contribution in [2.75, 3.05) is 0 Å². The zero-order valence-electron chi connectivity index (χ0n) is 11.9. The van der Waals surface area contributed by atoms with E-state index in [1.54, 1.807) is 6.07 Å². The third-order valence-corrected chi connectivity index (χ3v) is 3.59. The van der Waals surface area contributed by atoms with Crippen LogP contribution in [0.1, 0.15) is 18.1 Å². The number of fused-ring (bicyclic) bond motifs is 1. The number of aliphatic hydroxyl groups is 1. The van der Waals surface area contributed by atoms with Crippen LogP contribution in [0.3, 0.4) is 0 Å². The van der Waals surface area contributed by atoms with Gasteiger partial charge >= 0.3 is 0 Å². The lowest BCUT2D eigenvalue weighted by atomic mass is 10.1. The smallest absolute Gasteiger partial charge is 0.177 e. The largest absolute Gasteiger partial charge is 0.504 e. The molecule has 0 aliphatic rings. The number of para-hydroxylation sites is 1. The third kappa shape index (κ3) is 2.21. The van der Waals surface area contributed by atoms with Gasteiger partial charge in [-0.15, -0.1) is 0 Å². The molecule has 1 aromatic heterocycles. The number of aryl methyl sites for hydroxylation is 1. The monoisotopic (exact) mass is 282 g/mol. The van der Waals surface area contributed by atoms with Gasteiger partial charge in [0, 0.05) is 16.2 Å². The second-order valence-corrected chi connectivity index (χ2v) is 4.94. The van der Waals surface area contributed by atoms with Crippen molar-refractivity contribution >= 4 is 22.8 Å². The maximum Gasteiger partial charge on any atom is 0.177 e. The van der Waals surface area contributed by atoms with E-state index in [0.29, 0.717) is 16.6 Å². The molecule has 0 bridgehead atoms. The summed E-state index contributed by atoms with van der Waals surface area (Å²) in [7, 11) is 0. The number of furan rings is 1. The molecule has 1 N–H and O–H groups in total. The topological polar surface area (TPSA) is 33.4 Å². The standard InChI is InChI=1S/C18H15FO2/c1-3-13-14-6-4-5-7-16(14)21-18(13)17(20)15-10-12(19)9-8-11(15)2/h3-10,20H,1-2H3/b13-3?,18-17-. The van der Waals surface area contributed by atoms with Gasteiger partial charge in [0.25, 0.3) is 0 Å². The van der Waals surface area contributed by atoms with Gasteiger partial charge in [-0.2, -0.15) is 0 Å². The lowest BCUT2D eigenvalue weighted by Crippen LogP contribution is -2.23. The molecule has 3 rings (SSSR count). The molecule has 0 unspecified atom stereocenters. The molecule has 2 aromatic carbocycles. The lowest BCUT2D eigenvalue weighted by Gasteiger charge is -2.03. The predicted molar refractivity (Wildman–Crippen MR) is 81.9 cm³/mol. The number of benzene rings is 2. The van der Waals surface area contributed by atoms with Gasteiger partial charge in [-0.1, -0.05) is 30.3 Å². The summed E-state index contributed by atoms with van der Waals surface area (Å²) in [4.78, 5) is 0. The minimum Gasteiger partial charge on any atom is -0.504 e. The first-order valence-corrected chi connectivity index (χ1v) is 6.75. The summed E-state index contributed by atoms with van der Waals surface area (Å²) in [5.74, 6) is -0.434. The van der Waals surface area contributed by atoms with Crippen molar-refractivity contribution < 1.29 is 13.9 Å². The van der Waals surface area contributed by atoms with Crippen LogP contribution in [0.2, 0.25) is 0 Å². The van der Waals surface area contributed by atoms with Crippen LogP contribution in [0.4, 0.5) is 4.39 Å². The van der Waals surface area contributed by atoms with E-state index >= 15 is 0 Å². The number of hydrogen-bond donors (Lipinski definition) is 1. The normalized spacial score (nSPS) is 13.8. The highest BCUT2D eigenvalue weighted by molar-refractivity contribution is 5.79. The fourth-order valence-electron chi connectivity index (χ4n) is 2.50. The molecule has 0 fully saturated rings. The van der Waals surface area contributed by atoms with E-state index in [9.17, 15) is 9.50 Å². The Morgan fingerprint density at radius 1 is 1.19 bits per heavy atom. The van der Waals surface area contributed by atoms with Gasteiger partial charge in [-0.3, -0.25) is 0 Å². The molecule has 0 atom stereocenters. The first kappa shape index (κ1) is 13.4. The molecule has 2 nitrogen and oxygen atoms in total. The Labute approximate surface area is 121 Å². The summed E-state index contributed by atoms with van der Waals surface area (Å²) >= 11 is 0. The molecule has 0 radical (unpaired) electrons. The van der Waals surface area contributed by atoms with E-state index in [-0.39, 0.29) is 11.6 Å². The Balaban J connectivity index is 2.44. The van der Waals surface area contributed by atoms with Crippen LogP contribution in [0, 0.1) is 12.7 Å². The van der Waals surface area contributed by atoms with Crippen LogP contribution >= 0.6 is 0 Å². The number of halogens is 1. The van der Waals surface area contributed by atoms with Crippen LogP contribution in [-0.2, 0) is 0 Å². The van der Waals surface area contributed by atoms with Crippen molar-refractivity contribution in [3.05, 3.63) is 70.0 Å². The predicted octanol–water partition coefficient (Wildman–Crippen LogP) is 3.40. The highest BCUT2D eigenvalue weighted by Gasteiger charge is 2.11. The number of rotatable bonds is 1. The molecule has 0 saturated carbocycles. The van der Waals surface area contributed by atoms with Gasteiger partial charge in [0.2, 0.25) is 0 Å². The van der Waals surface area contributed by atoms with Gasteiger partial charge in [-0.05, 0) is 37.6 Å².